The minimum Gasteiger partial charge on any atom is -0.234 e. The van der Waals surface area contributed by atoms with Gasteiger partial charge in [0.2, 0.25) is 0 Å². The van der Waals surface area contributed by atoms with Gasteiger partial charge in [-0.05, 0) is 44.5 Å². The second-order valence-electron chi connectivity index (χ2n) is 7.09. The Balaban J connectivity index is 1.45. The molecule has 0 N–H and O–H groups in total. The third-order valence-corrected chi connectivity index (χ3v) is 5.29. The molecule has 6 rings (SSSR count). The number of rotatable bonds is 1. The summed E-state index contributed by atoms with van der Waals surface area (Å²) in [6.45, 7) is 0. The molecule has 0 aliphatic heterocycles. The number of hydrogen-bond acceptors (Lipinski definition) is 4. The van der Waals surface area contributed by atoms with Crippen molar-refractivity contribution in [1.29, 1.82) is 0 Å². The Morgan fingerprint density at radius 2 is 1.17 bits per heavy atom. The molecule has 0 bridgehead atoms. The summed E-state index contributed by atoms with van der Waals surface area (Å²) in [7, 11) is 0. The highest BCUT2D eigenvalue weighted by atomic mass is 15.0. The Morgan fingerprint density at radius 1 is 0.533 bits per heavy atom. The van der Waals surface area contributed by atoms with E-state index in [1.54, 1.807) is 30.9 Å². The molecule has 4 heteroatoms. The van der Waals surface area contributed by atoms with Crippen LogP contribution in [0.1, 0.15) is 11.1 Å². The summed E-state index contributed by atoms with van der Waals surface area (Å²) >= 11 is 0. The predicted octanol–water partition coefficient (Wildman–Crippen LogP) is 5.23. The molecular formula is C26H14N4. The molecule has 2 heterocycles. The number of hydrogen-bond donors (Lipinski definition) is 0. The normalized spacial score (nSPS) is 11.1. The van der Waals surface area contributed by atoms with Gasteiger partial charge in [-0.15, -0.1) is 0 Å². The third-order valence-electron chi connectivity index (χ3n) is 5.29. The van der Waals surface area contributed by atoms with E-state index < -0.39 is 0 Å². The molecule has 0 spiro atoms. The summed E-state index contributed by atoms with van der Waals surface area (Å²) in [6.07, 6.45) is 6.77. The first-order valence-corrected chi connectivity index (χ1v) is 9.65. The van der Waals surface area contributed by atoms with E-state index >= 15 is 0 Å². The highest BCUT2D eigenvalue weighted by molar-refractivity contribution is 6.23. The number of aromatic nitrogens is 4. The second-order valence-corrected chi connectivity index (χ2v) is 7.09. The molecule has 138 valence electrons. The second kappa shape index (κ2) is 6.61. The average Bonchev–Trinajstić information content (AvgIpc) is 2.82. The summed E-state index contributed by atoms with van der Waals surface area (Å²) in [5.41, 5.74) is 1.75. The highest BCUT2D eigenvalue weighted by Gasteiger charge is 2.09. The van der Waals surface area contributed by atoms with Gasteiger partial charge in [0, 0.05) is 30.4 Å². The van der Waals surface area contributed by atoms with Gasteiger partial charge in [0.15, 0.2) is 11.6 Å². The third kappa shape index (κ3) is 2.65. The zero-order chi connectivity index (χ0) is 19.9. The van der Waals surface area contributed by atoms with E-state index in [-0.39, 0.29) is 0 Å². The average molecular weight is 382 g/mol. The topological polar surface area (TPSA) is 51.6 Å². The molecule has 0 aliphatic carbocycles. The van der Waals surface area contributed by atoms with Gasteiger partial charge >= 0.3 is 0 Å². The van der Waals surface area contributed by atoms with Gasteiger partial charge in [-0.1, -0.05) is 60.4 Å². The summed E-state index contributed by atoms with van der Waals surface area (Å²) in [5.74, 6) is 7.50. The van der Waals surface area contributed by atoms with Gasteiger partial charge < -0.3 is 0 Å². The van der Waals surface area contributed by atoms with Crippen LogP contribution in [0.4, 0.5) is 0 Å². The monoisotopic (exact) mass is 382 g/mol. The summed E-state index contributed by atoms with van der Waals surface area (Å²) < 4.78 is 0. The number of benzene rings is 4. The molecule has 4 aromatic carbocycles. The zero-order valence-corrected chi connectivity index (χ0v) is 15.9. The van der Waals surface area contributed by atoms with Gasteiger partial charge in [-0.3, -0.25) is 0 Å². The summed E-state index contributed by atoms with van der Waals surface area (Å²) in [6, 6.07) is 21.1. The molecule has 30 heavy (non-hydrogen) atoms. The van der Waals surface area contributed by atoms with E-state index in [9.17, 15) is 0 Å². The standard InChI is InChI=1S/C26H14N4/c1-3-19-9-10-21-8-7-18(22-12-11-20(4-1)23(19)24(21)22)6-5-17-15-29-26(30-16-17)25-27-13-2-14-28-25/h1-4,7-16H. The van der Waals surface area contributed by atoms with Gasteiger partial charge in [0.1, 0.15) is 0 Å². The fraction of sp³-hybridized carbons (Fsp3) is 0. The van der Waals surface area contributed by atoms with E-state index in [1.807, 2.05) is 0 Å². The Kier molecular flexibility index (Phi) is 3.65. The van der Waals surface area contributed by atoms with Crippen molar-refractivity contribution in [1.82, 2.24) is 19.9 Å². The lowest BCUT2D eigenvalue weighted by Crippen LogP contribution is -1.94. The Hall–Kier alpha value is -4.36. The van der Waals surface area contributed by atoms with Crippen LogP contribution in [0.3, 0.4) is 0 Å². The van der Waals surface area contributed by atoms with Crippen LogP contribution < -0.4 is 0 Å². The molecule has 0 atom stereocenters. The molecule has 0 aliphatic rings. The van der Waals surface area contributed by atoms with Crippen LogP contribution in [0, 0.1) is 11.8 Å². The molecule has 0 radical (unpaired) electrons. The fourth-order valence-corrected chi connectivity index (χ4v) is 3.91. The fourth-order valence-electron chi connectivity index (χ4n) is 3.91. The van der Waals surface area contributed by atoms with Crippen LogP contribution in [-0.4, -0.2) is 19.9 Å². The lowest BCUT2D eigenvalue weighted by Gasteiger charge is -2.11. The number of nitrogens with zero attached hydrogens (tertiary/aromatic N) is 4. The van der Waals surface area contributed by atoms with E-state index in [2.05, 4.69) is 86.4 Å². The van der Waals surface area contributed by atoms with Gasteiger partial charge in [0.25, 0.3) is 0 Å². The van der Waals surface area contributed by atoms with E-state index in [4.69, 9.17) is 0 Å². The maximum absolute atomic E-state index is 4.35. The van der Waals surface area contributed by atoms with Crippen LogP contribution in [0.25, 0.3) is 44.0 Å². The molecule has 0 unspecified atom stereocenters. The Bertz CT molecular complexity index is 1560. The predicted molar refractivity (Wildman–Crippen MR) is 119 cm³/mol. The molecule has 0 saturated heterocycles. The van der Waals surface area contributed by atoms with Gasteiger partial charge in [0.05, 0.1) is 5.56 Å². The summed E-state index contributed by atoms with van der Waals surface area (Å²) in [4.78, 5) is 17.1. The highest BCUT2D eigenvalue weighted by Crippen LogP contribution is 2.35. The van der Waals surface area contributed by atoms with Crippen molar-refractivity contribution in [2.24, 2.45) is 0 Å². The molecule has 0 amide bonds. The minimum absolute atomic E-state index is 0.490. The van der Waals surface area contributed by atoms with Crippen molar-refractivity contribution < 1.29 is 0 Å². The van der Waals surface area contributed by atoms with Crippen LogP contribution in [0.15, 0.2) is 85.5 Å². The molecule has 4 nitrogen and oxygen atoms in total. The zero-order valence-electron chi connectivity index (χ0n) is 15.9. The summed E-state index contributed by atoms with van der Waals surface area (Å²) in [5, 5.41) is 7.47. The van der Waals surface area contributed by atoms with Crippen molar-refractivity contribution in [2.45, 2.75) is 0 Å². The van der Waals surface area contributed by atoms with Crippen LogP contribution in [0.5, 0.6) is 0 Å². The molecule has 0 fully saturated rings. The molecule has 0 saturated carbocycles. The Labute approximate surface area is 172 Å². The van der Waals surface area contributed by atoms with Crippen molar-refractivity contribution in [3.63, 3.8) is 0 Å². The van der Waals surface area contributed by atoms with Crippen LogP contribution >= 0.6 is 0 Å². The van der Waals surface area contributed by atoms with Crippen molar-refractivity contribution >= 4 is 32.3 Å². The molecular weight excluding hydrogens is 368 g/mol. The lowest BCUT2D eigenvalue weighted by atomic mass is 9.92. The quantitative estimate of drug-likeness (QED) is 0.289. The minimum atomic E-state index is 0.490. The largest absolute Gasteiger partial charge is 0.234 e. The lowest BCUT2D eigenvalue weighted by molar-refractivity contribution is 1.07. The van der Waals surface area contributed by atoms with Crippen molar-refractivity contribution in [2.75, 3.05) is 0 Å². The SMILES string of the molecule is C(#Cc1ccc2ccc3cccc4ccc1c2c34)c1cnc(-c2ncccn2)nc1. The van der Waals surface area contributed by atoms with Crippen LogP contribution in [-0.2, 0) is 0 Å². The maximum atomic E-state index is 4.35. The molecule has 6 aromatic rings. The molecule has 2 aromatic heterocycles. The van der Waals surface area contributed by atoms with E-state index in [1.165, 1.54) is 32.3 Å². The first kappa shape index (κ1) is 16.6. The van der Waals surface area contributed by atoms with E-state index in [0.717, 1.165) is 11.1 Å². The maximum Gasteiger partial charge on any atom is 0.197 e. The van der Waals surface area contributed by atoms with Crippen LogP contribution in [0.2, 0.25) is 0 Å². The first-order valence-electron chi connectivity index (χ1n) is 9.65. The van der Waals surface area contributed by atoms with E-state index in [0.29, 0.717) is 11.6 Å². The van der Waals surface area contributed by atoms with Gasteiger partial charge in [-0.25, -0.2) is 19.9 Å². The smallest absolute Gasteiger partial charge is 0.197 e. The van der Waals surface area contributed by atoms with Crippen molar-refractivity contribution in [3.05, 3.63) is 96.6 Å². The van der Waals surface area contributed by atoms with Gasteiger partial charge in [-0.2, -0.15) is 0 Å². The van der Waals surface area contributed by atoms with Crippen molar-refractivity contribution in [3.8, 4) is 23.5 Å². The first-order chi connectivity index (χ1) is 14.9. The Morgan fingerprint density at radius 3 is 1.93 bits per heavy atom.